The summed E-state index contributed by atoms with van der Waals surface area (Å²) in [6.45, 7) is 0.585. The predicted molar refractivity (Wildman–Crippen MR) is 146 cm³/mol. The topological polar surface area (TPSA) is 124 Å². The number of esters is 1. The van der Waals surface area contributed by atoms with E-state index >= 15 is 0 Å². The van der Waals surface area contributed by atoms with Crippen molar-refractivity contribution in [1.29, 1.82) is 0 Å². The van der Waals surface area contributed by atoms with Crippen LogP contribution in [0.1, 0.15) is 49.3 Å². The van der Waals surface area contributed by atoms with Crippen LogP contribution in [0.25, 0.3) is 10.9 Å². The first-order valence-electron chi connectivity index (χ1n) is 13.6. The molecule has 2 fully saturated rings. The highest BCUT2D eigenvalue weighted by atomic mass is 16.5. The molecule has 9 heteroatoms. The molecule has 4 atom stereocenters. The lowest BCUT2D eigenvalue weighted by Gasteiger charge is -2.52. The van der Waals surface area contributed by atoms with Crippen LogP contribution in [0.3, 0.4) is 0 Å². The van der Waals surface area contributed by atoms with E-state index in [1.54, 1.807) is 12.1 Å². The highest BCUT2D eigenvalue weighted by molar-refractivity contribution is 5.88. The highest BCUT2D eigenvalue weighted by Crippen LogP contribution is 2.50. The van der Waals surface area contributed by atoms with Crippen molar-refractivity contribution in [3.05, 3.63) is 59.8 Å². The Morgan fingerprint density at radius 3 is 2.79 bits per heavy atom. The number of piperidine rings is 1. The van der Waals surface area contributed by atoms with E-state index in [1.165, 1.54) is 14.2 Å². The van der Waals surface area contributed by atoms with E-state index in [4.69, 9.17) is 9.47 Å². The number of nitrogens with one attached hydrogen (secondary N) is 2. The molecule has 2 aromatic carbocycles. The Labute approximate surface area is 228 Å². The van der Waals surface area contributed by atoms with Crippen LogP contribution in [0.4, 0.5) is 0 Å². The molecular weight excluding hydrogens is 498 g/mol. The number of carbonyl (C=O) groups excluding carboxylic acids is 2. The lowest BCUT2D eigenvalue weighted by Crippen LogP contribution is -2.57. The van der Waals surface area contributed by atoms with Crippen molar-refractivity contribution >= 4 is 22.8 Å². The summed E-state index contributed by atoms with van der Waals surface area (Å²) in [6, 6.07) is 12.0. The second-order valence-corrected chi connectivity index (χ2v) is 10.8. The number of aromatic hydroxyl groups is 1. The van der Waals surface area contributed by atoms with Crippen LogP contribution in [0, 0.1) is 5.92 Å². The van der Waals surface area contributed by atoms with Gasteiger partial charge in [0.05, 0.1) is 26.4 Å². The van der Waals surface area contributed by atoms with Crippen molar-refractivity contribution in [3.63, 3.8) is 0 Å². The van der Waals surface area contributed by atoms with Crippen molar-refractivity contribution in [3.8, 4) is 11.5 Å². The molecule has 2 aliphatic rings. The molecule has 1 amide bonds. The van der Waals surface area contributed by atoms with Gasteiger partial charge in [-0.05, 0) is 48.6 Å². The van der Waals surface area contributed by atoms with Gasteiger partial charge in [0.25, 0.3) is 0 Å². The number of nitrogens with zero attached hydrogens (tertiary/aromatic N) is 1. The van der Waals surface area contributed by atoms with Crippen LogP contribution in [-0.2, 0) is 20.7 Å². The molecule has 1 saturated heterocycles. The number of benzene rings is 2. The molecule has 0 radical (unpaired) electrons. The number of para-hydroxylation sites is 1. The number of amides is 1. The number of likely N-dealkylation sites (tertiary alicyclic amines) is 1. The minimum Gasteiger partial charge on any atom is -0.504 e. The normalized spacial score (nSPS) is 24.1. The third kappa shape index (κ3) is 5.46. The first-order chi connectivity index (χ1) is 18.8. The monoisotopic (exact) mass is 535 g/mol. The Morgan fingerprint density at radius 2 is 2.00 bits per heavy atom. The maximum Gasteiger partial charge on any atom is 0.328 e. The number of carbonyl (C=O) groups is 2. The third-order valence-electron chi connectivity index (χ3n) is 8.48. The zero-order valence-electron chi connectivity index (χ0n) is 22.5. The van der Waals surface area contributed by atoms with E-state index in [0.717, 1.165) is 47.7 Å². The number of ether oxygens (including phenoxy) is 2. The fourth-order valence-electron chi connectivity index (χ4n) is 6.52. The maximum absolute atomic E-state index is 13.4. The number of methoxy groups -OCH3 is 2. The Hall–Kier alpha value is -3.56. The van der Waals surface area contributed by atoms with Crippen LogP contribution < -0.4 is 10.1 Å². The number of hydrogen-bond donors (Lipinski definition) is 4. The molecule has 1 aliphatic heterocycles. The SMILES string of the molecule is COC(=O)[C@H](Cc1c[nH]c2ccccc12)NC(=O)CN1CC[C@]2(O)CCCC[C@@H]2[C@H]1c1ccc(O)c(OC)c1. The first kappa shape index (κ1) is 27.0. The van der Waals surface area contributed by atoms with Gasteiger partial charge in [0, 0.05) is 42.0 Å². The summed E-state index contributed by atoms with van der Waals surface area (Å²) in [4.78, 5) is 31.4. The number of rotatable bonds is 8. The first-order valence-corrected chi connectivity index (χ1v) is 13.6. The fourth-order valence-corrected chi connectivity index (χ4v) is 6.52. The molecule has 5 rings (SSSR count). The molecule has 0 bridgehead atoms. The number of phenols is 1. The number of aromatic amines is 1. The summed E-state index contributed by atoms with van der Waals surface area (Å²) in [5, 5.41) is 25.6. The van der Waals surface area contributed by atoms with E-state index in [0.29, 0.717) is 25.1 Å². The summed E-state index contributed by atoms with van der Waals surface area (Å²) in [5.41, 5.74) is 1.96. The van der Waals surface area contributed by atoms with E-state index in [1.807, 2.05) is 36.5 Å². The van der Waals surface area contributed by atoms with Crippen LogP contribution in [0.2, 0.25) is 0 Å². The number of fused-ring (bicyclic) bond motifs is 2. The summed E-state index contributed by atoms with van der Waals surface area (Å²) >= 11 is 0. The van der Waals surface area contributed by atoms with Crippen molar-refractivity contribution in [2.75, 3.05) is 27.3 Å². The van der Waals surface area contributed by atoms with Gasteiger partial charge in [0.15, 0.2) is 11.5 Å². The molecule has 9 nitrogen and oxygen atoms in total. The largest absolute Gasteiger partial charge is 0.504 e. The summed E-state index contributed by atoms with van der Waals surface area (Å²) < 4.78 is 10.4. The summed E-state index contributed by atoms with van der Waals surface area (Å²) in [6.07, 6.45) is 6.29. The number of aromatic nitrogens is 1. The molecular formula is C30H37N3O6. The van der Waals surface area contributed by atoms with E-state index in [9.17, 15) is 19.8 Å². The van der Waals surface area contributed by atoms with Gasteiger partial charge < -0.3 is 30.0 Å². The zero-order valence-corrected chi connectivity index (χ0v) is 22.5. The van der Waals surface area contributed by atoms with Crippen molar-refractivity contribution < 1.29 is 29.3 Å². The Bertz CT molecular complexity index is 1340. The zero-order chi connectivity index (χ0) is 27.6. The molecule has 3 aromatic rings. The van der Waals surface area contributed by atoms with Crippen LogP contribution in [-0.4, -0.2) is 70.9 Å². The third-order valence-corrected chi connectivity index (χ3v) is 8.48. The quantitative estimate of drug-likeness (QED) is 0.326. The lowest BCUT2D eigenvalue weighted by atomic mass is 9.66. The summed E-state index contributed by atoms with van der Waals surface area (Å²) in [7, 11) is 2.82. The molecule has 2 heterocycles. The Morgan fingerprint density at radius 1 is 1.18 bits per heavy atom. The molecule has 1 aromatic heterocycles. The standard InChI is InChI=1S/C30H37N3O6/c1-38-26-16-19(10-11-25(26)34)28-22-8-5-6-12-30(22,37)13-14-33(28)18-27(35)32-24(29(36)39-2)15-20-17-31-23-9-4-3-7-21(20)23/h3-4,7,9-11,16-17,22,24,28,31,34,37H,5-6,8,12-15,18H2,1-2H3,(H,32,35)/t22-,24+,28-,30-/m1/s1. The second-order valence-electron chi connectivity index (χ2n) is 10.8. The van der Waals surface area contributed by atoms with Crippen LogP contribution >= 0.6 is 0 Å². The molecule has 4 N–H and O–H groups in total. The Kier molecular flexibility index (Phi) is 7.81. The van der Waals surface area contributed by atoms with Gasteiger partial charge in [-0.25, -0.2) is 4.79 Å². The highest BCUT2D eigenvalue weighted by Gasteiger charge is 2.49. The fraction of sp³-hybridized carbons (Fsp3) is 0.467. The second kappa shape index (κ2) is 11.3. The van der Waals surface area contributed by atoms with Crippen LogP contribution in [0.15, 0.2) is 48.7 Å². The average molecular weight is 536 g/mol. The lowest BCUT2D eigenvalue weighted by molar-refractivity contribution is -0.146. The summed E-state index contributed by atoms with van der Waals surface area (Å²) in [5.74, 6) is -0.467. The minimum absolute atomic E-state index is 0.0402. The number of hydrogen-bond acceptors (Lipinski definition) is 7. The van der Waals surface area contributed by atoms with Gasteiger partial charge in [0.1, 0.15) is 6.04 Å². The number of phenolic OH excluding ortho intramolecular Hbond substituents is 1. The number of aliphatic hydroxyl groups is 1. The van der Waals surface area contributed by atoms with Crippen molar-refractivity contribution in [2.24, 2.45) is 5.92 Å². The molecule has 1 saturated carbocycles. The molecule has 0 spiro atoms. The van der Waals surface area contributed by atoms with Gasteiger partial charge in [0.2, 0.25) is 5.91 Å². The Balaban J connectivity index is 1.38. The molecule has 0 unspecified atom stereocenters. The maximum atomic E-state index is 13.4. The van der Waals surface area contributed by atoms with Gasteiger partial charge in [-0.15, -0.1) is 0 Å². The average Bonchev–Trinajstić information content (AvgIpc) is 3.35. The molecule has 1 aliphatic carbocycles. The van der Waals surface area contributed by atoms with E-state index in [2.05, 4.69) is 15.2 Å². The van der Waals surface area contributed by atoms with Gasteiger partial charge in [-0.2, -0.15) is 0 Å². The van der Waals surface area contributed by atoms with E-state index < -0.39 is 17.6 Å². The van der Waals surface area contributed by atoms with Crippen molar-refractivity contribution in [2.45, 2.75) is 56.2 Å². The van der Waals surface area contributed by atoms with Gasteiger partial charge in [-0.1, -0.05) is 37.1 Å². The molecule has 208 valence electrons. The smallest absolute Gasteiger partial charge is 0.328 e. The van der Waals surface area contributed by atoms with Gasteiger partial charge >= 0.3 is 5.97 Å². The van der Waals surface area contributed by atoms with E-state index in [-0.39, 0.29) is 30.2 Å². The minimum atomic E-state index is -0.842. The number of H-pyrrole nitrogens is 1. The van der Waals surface area contributed by atoms with Gasteiger partial charge in [-0.3, -0.25) is 9.69 Å². The van der Waals surface area contributed by atoms with Crippen molar-refractivity contribution in [1.82, 2.24) is 15.2 Å². The van der Waals surface area contributed by atoms with Crippen LogP contribution in [0.5, 0.6) is 11.5 Å². The molecule has 39 heavy (non-hydrogen) atoms. The predicted octanol–water partition coefficient (Wildman–Crippen LogP) is 3.45.